The van der Waals surface area contributed by atoms with Crippen molar-refractivity contribution in [2.24, 2.45) is 0 Å². The third-order valence-electron chi connectivity index (χ3n) is 4.82. The summed E-state index contributed by atoms with van der Waals surface area (Å²) >= 11 is 1.43. The van der Waals surface area contributed by atoms with E-state index in [2.05, 4.69) is 5.32 Å². The van der Waals surface area contributed by atoms with Crippen LogP contribution in [0.15, 0.2) is 65.7 Å². The van der Waals surface area contributed by atoms with Crippen LogP contribution in [0.2, 0.25) is 0 Å². The molecule has 0 atom stereocenters. The van der Waals surface area contributed by atoms with Gasteiger partial charge in [-0.15, -0.1) is 11.3 Å². The fourth-order valence-electron chi connectivity index (χ4n) is 3.35. The number of hydrogen-bond donors (Lipinski definition) is 1. The number of amides is 2. The Morgan fingerprint density at radius 3 is 2.34 bits per heavy atom. The highest BCUT2D eigenvalue weighted by atomic mass is 32.1. The van der Waals surface area contributed by atoms with Crippen molar-refractivity contribution in [3.8, 4) is 5.75 Å². The molecule has 0 saturated carbocycles. The Kier molecular flexibility index (Phi) is 4.94. The van der Waals surface area contributed by atoms with Gasteiger partial charge in [0.1, 0.15) is 11.4 Å². The van der Waals surface area contributed by atoms with E-state index in [1.54, 1.807) is 31.4 Å². The van der Waals surface area contributed by atoms with Gasteiger partial charge in [0.15, 0.2) is 0 Å². The fraction of sp³-hybridized carbons (Fsp3) is 0.130. The van der Waals surface area contributed by atoms with Crippen molar-refractivity contribution in [1.82, 2.24) is 0 Å². The molecule has 0 fully saturated rings. The number of aryl methyl sites for hydroxylation is 2. The second-order valence-electron chi connectivity index (χ2n) is 6.81. The molecule has 2 aromatic carbocycles. The molecule has 4 rings (SSSR count). The van der Waals surface area contributed by atoms with E-state index in [1.807, 2.05) is 49.6 Å². The Bertz CT molecular complexity index is 1120. The van der Waals surface area contributed by atoms with Crippen molar-refractivity contribution >= 4 is 40.1 Å². The molecule has 0 aliphatic carbocycles. The Morgan fingerprint density at radius 1 is 0.966 bits per heavy atom. The molecule has 0 spiro atoms. The summed E-state index contributed by atoms with van der Waals surface area (Å²) < 4.78 is 5.18. The third kappa shape index (κ3) is 3.43. The molecule has 0 unspecified atom stereocenters. The number of methoxy groups -OCH3 is 1. The lowest BCUT2D eigenvalue weighted by molar-refractivity contribution is -0.120. The fourth-order valence-corrected chi connectivity index (χ4v) is 4.12. The standard InChI is InChI=1S/C23H20N2O3S/c1-14-6-11-18(15(2)13-14)24-21-20(19-5-4-12-29-19)22(26)25(23(21)27)16-7-9-17(28-3)10-8-16/h4-13,24H,1-3H3. The Hall–Kier alpha value is -3.38. The summed E-state index contributed by atoms with van der Waals surface area (Å²) in [4.78, 5) is 28.6. The second kappa shape index (κ2) is 7.56. The van der Waals surface area contributed by atoms with Gasteiger partial charge in [-0.3, -0.25) is 9.59 Å². The van der Waals surface area contributed by atoms with E-state index >= 15 is 0 Å². The van der Waals surface area contributed by atoms with E-state index in [-0.39, 0.29) is 11.8 Å². The van der Waals surface area contributed by atoms with Crippen LogP contribution < -0.4 is 15.0 Å². The van der Waals surface area contributed by atoms with Crippen LogP contribution in [0.4, 0.5) is 11.4 Å². The van der Waals surface area contributed by atoms with E-state index in [9.17, 15) is 9.59 Å². The predicted octanol–water partition coefficient (Wildman–Crippen LogP) is 4.77. The summed E-state index contributed by atoms with van der Waals surface area (Å²) in [6.45, 7) is 3.99. The number of hydrogen-bond acceptors (Lipinski definition) is 5. The van der Waals surface area contributed by atoms with Gasteiger partial charge in [-0.1, -0.05) is 23.8 Å². The van der Waals surface area contributed by atoms with Gasteiger partial charge in [0.25, 0.3) is 11.8 Å². The molecule has 1 aliphatic rings. The Morgan fingerprint density at radius 2 is 1.72 bits per heavy atom. The molecule has 5 nitrogen and oxygen atoms in total. The lowest BCUT2D eigenvalue weighted by Gasteiger charge is -2.16. The van der Waals surface area contributed by atoms with Crippen LogP contribution in [0, 0.1) is 13.8 Å². The average Bonchev–Trinajstić information content (AvgIpc) is 3.31. The van der Waals surface area contributed by atoms with Gasteiger partial charge in [-0.2, -0.15) is 0 Å². The molecule has 2 amide bonds. The van der Waals surface area contributed by atoms with Crippen molar-refractivity contribution in [2.45, 2.75) is 13.8 Å². The quantitative estimate of drug-likeness (QED) is 0.623. The summed E-state index contributed by atoms with van der Waals surface area (Å²) in [5, 5.41) is 5.12. The topological polar surface area (TPSA) is 58.6 Å². The van der Waals surface area contributed by atoms with Crippen molar-refractivity contribution < 1.29 is 14.3 Å². The normalized spacial score (nSPS) is 14.0. The van der Waals surface area contributed by atoms with Crippen molar-refractivity contribution in [1.29, 1.82) is 0 Å². The molecule has 2 heterocycles. The number of benzene rings is 2. The van der Waals surface area contributed by atoms with Crippen LogP contribution in [0.25, 0.3) is 5.57 Å². The van der Waals surface area contributed by atoms with Crippen LogP contribution in [0.5, 0.6) is 5.75 Å². The zero-order valence-corrected chi connectivity index (χ0v) is 17.2. The van der Waals surface area contributed by atoms with Gasteiger partial charge in [0, 0.05) is 10.6 Å². The van der Waals surface area contributed by atoms with E-state index in [0.29, 0.717) is 22.7 Å². The molecule has 6 heteroatoms. The van der Waals surface area contributed by atoms with E-state index < -0.39 is 0 Å². The first-order valence-corrected chi connectivity index (χ1v) is 10.0. The molecular formula is C23H20N2O3S. The molecule has 1 aromatic heterocycles. The largest absolute Gasteiger partial charge is 0.497 e. The first-order valence-electron chi connectivity index (χ1n) is 9.15. The minimum Gasteiger partial charge on any atom is -0.497 e. The van der Waals surface area contributed by atoms with Crippen molar-refractivity contribution in [2.75, 3.05) is 17.3 Å². The monoisotopic (exact) mass is 404 g/mol. The highest BCUT2D eigenvalue weighted by Gasteiger charge is 2.40. The second-order valence-corrected chi connectivity index (χ2v) is 7.76. The number of anilines is 2. The maximum Gasteiger partial charge on any atom is 0.282 e. The van der Waals surface area contributed by atoms with Crippen LogP contribution in [-0.2, 0) is 9.59 Å². The number of nitrogens with zero attached hydrogens (tertiary/aromatic N) is 1. The first kappa shape index (κ1) is 19.0. The number of ether oxygens (including phenoxy) is 1. The van der Waals surface area contributed by atoms with Crippen LogP contribution >= 0.6 is 11.3 Å². The SMILES string of the molecule is COc1ccc(N2C(=O)C(Nc3ccc(C)cc3C)=C(c3cccs3)C2=O)cc1. The van der Waals surface area contributed by atoms with E-state index in [4.69, 9.17) is 4.74 Å². The molecule has 1 aliphatic heterocycles. The number of imide groups is 1. The van der Waals surface area contributed by atoms with Crippen LogP contribution in [-0.4, -0.2) is 18.9 Å². The van der Waals surface area contributed by atoms with E-state index in [0.717, 1.165) is 21.7 Å². The molecule has 1 N–H and O–H groups in total. The van der Waals surface area contributed by atoms with Gasteiger partial charge in [-0.25, -0.2) is 4.90 Å². The van der Waals surface area contributed by atoms with Gasteiger partial charge in [-0.05, 0) is 61.2 Å². The molecule has 3 aromatic rings. The van der Waals surface area contributed by atoms with Crippen molar-refractivity contribution in [3.05, 3.63) is 81.7 Å². The summed E-state index contributed by atoms with van der Waals surface area (Å²) in [5.74, 6) is -0.0497. The van der Waals surface area contributed by atoms with Crippen molar-refractivity contribution in [3.63, 3.8) is 0 Å². The zero-order chi connectivity index (χ0) is 20.5. The number of nitrogens with one attached hydrogen (secondary N) is 1. The van der Waals surface area contributed by atoms with Crippen LogP contribution in [0.1, 0.15) is 16.0 Å². The smallest absolute Gasteiger partial charge is 0.282 e. The molecule has 0 radical (unpaired) electrons. The lowest BCUT2D eigenvalue weighted by Crippen LogP contribution is -2.32. The third-order valence-corrected chi connectivity index (χ3v) is 5.71. The number of carbonyl (C=O) groups excluding carboxylic acids is 2. The maximum atomic E-state index is 13.3. The highest BCUT2D eigenvalue weighted by molar-refractivity contribution is 7.11. The van der Waals surface area contributed by atoms with Gasteiger partial charge in [0.05, 0.1) is 18.4 Å². The Labute approximate surface area is 173 Å². The molecule has 146 valence electrons. The Balaban J connectivity index is 1.78. The van der Waals surface area contributed by atoms with Gasteiger partial charge >= 0.3 is 0 Å². The number of carbonyl (C=O) groups is 2. The molecule has 0 saturated heterocycles. The maximum absolute atomic E-state index is 13.3. The first-order chi connectivity index (χ1) is 14.0. The summed E-state index contributed by atoms with van der Waals surface area (Å²) in [6, 6.07) is 16.5. The summed E-state index contributed by atoms with van der Waals surface area (Å²) in [5.41, 5.74) is 4.13. The van der Waals surface area contributed by atoms with Gasteiger partial charge < -0.3 is 10.1 Å². The highest BCUT2D eigenvalue weighted by Crippen LogP contribution is 2.36. The molecular weight excluding hydrogens is 384 g/mol. The lowest BCUT2D eigenvalue weighted by atomic mass is 10.1. The van der Waals surface area contributed by atoms with Crippen LogP contribution in [0.3, 0.4) is 0 Å². The minimum absolute atomic E-state index is 0.292. The van der Waals surface area contributed by atoms with E-state index in [1.165, 1.54) is 16.2 Å². The summed E-state index contributed by atoms with van der Waals surface area (Å²) in [6.07, 6.45) is 0. The molecule has 29 heavy (non-hydrogen) atoms. The van der Waals surface area contributed by atoms with Gasteiger partial charge in [0.2, 0.25) is 0 Å². The molecule has 0 bridgehead atoms. The summed E-state index contributed by atoms with van der Waals surface area (Å²) in [7, 11) is 1.57. The zero-order valence-electron chi connectivity index (χ0n) is 16.4. The minimum atomic E-state index is -0.372. The number of rotatable bonds is 5. The number of thiophene rings is 1. The predicted molar refractivity (Wildman–Crippen MR) is 116 cm³/mol. The average molecular weight is 404 g/mol.